The Morgan fingerprint density at radius 2 is 1.73 bits per heavy atom. The Morgan fingerprint density at radius 1 is 1.04 bits per heavy atom. The van der Waals surface area contributed by atoms with Crippen molar-refractivity contribution in [1.82, 2.24) is 5.32 Å². The van der Waals surface area contributed by atoms with Crippen molar-refractivity contribution in [3.8, 4) is 0 Å². The van der Waals surface area contributed by atoms with E-state index in [0.29, 0.717) is 0 Å². The second kappa shape index (κ2) is 6.60. The lowest BCUT2D eigenvalue weighted by Gasteiger charge is -2.52. The first kappa shape index (κ1) is 17.4. The van der Waals surface area contributed by atoms with Gasteiger partial charge in [0.25, 0.3) is 0 Å². The number of nitrogens with zero attached hydrogens (tertiary/aromatic N) is 1. The molecule has 4 nitrogen and oxygen atoms in total. The zero-order valence-electron chi connectivity index (χ0n) is 15.8. The Kier molecular flexibility index (Phi) is 4.41. The summed E-state index contributed by atoms with van der Waals surface area (Å²) in [6.07, 6.45) is 2.50. The molecule has 2 aromatic carbocycles. The molecular weight excluding hydrogens is 322 g/mol. The molecule has 4 heteroatoms. The zero-order valence-corrected chi connectivity index (χ0v) is 15.8. The van der Waals surface area contributed by atoms with Crippen LogP contribution in [0.25, 0.3) is 0 Å². The molecule has 0 spiro atoms. The molecule has 2 saturated heterocycles. The molecule has 0 aliphatic carbocycles. The third kappa shape index (κ3) is 2.68. The van der Waals surface area contributed by atoms with Gasteiger partial charge in [0.1, 0.15) is 5.60 Å². The fourth-order valence-corrected chi connectivity index (χ4v) is 4.40. The van der Waals surface area contributed by atoms with Crippen LogP contribution in [-0.2, 0) is 5.60 Å². The van der Waals surface area contributed by atoms with Crippen molar-refractivity contribution in [2.45, 2.75) is 25.4 Å². The Labute approximate surface area is 156 Å². The molecule has 4 rings (SSSR count). The molecule has 3 N–H and O–H groups in total. The van der Waals surface area contributed by atoms with Crippen molar-refractivity contribution in [1.29, 1.82) is 0 Å². The first-order valence-corrected chi connectivity index (χ1v) is 9.64. The number of benzene rings is 2. The molecule has 2 aromatic rings. The van der Waals surface area contributed by atoms with Gasteiger partial charge in [-0.05, 0) is 48.2 Å². The maximum absolute atomic E-state index is 12.1. The van der Waals surface area contributed by atoms with Crippen LogP contribution in [-0.4, -0.2) is 38.3 Å². The molecule has 0 aromatic heterocycles. The van der Waals surface area contributed by atoms with Crippen LogP contribution < -0.4 is 15.5 Å². The molecule has 26 heavy (non-hydrogen) atoms. The summed E-state index contributed by atoms with van der Waals surface area (Å²) < 4.78 is 0. The third-order valence-electron chi connectivity index (χ3n) is 6.23. The average molecular weight is 351 g/mol. The Bertz CT molecular complexity index is 763. The monoisotopic (exact) mass is 351 g/mol. The molecule has 0 bridgehead atoms. The van der Waals surface area contributed by atoms with Crippen molar-refractivity contribution in [2.75, 3.05) is 43.4 Å². The fourth-order valence-electron chi connectivity index (χ4n) is 4.40. The van der Waals surface area contributed by atoms with E-state index in [9.17, 15) is 5.11 Å². The van der Waals surface area contributed by atoms with Crippen LogP contribution in [0.3, 0.4) is 0 Å². The lowest BCUT2D eigenvalue weighted by molar-refractivity contribution is -0.0767. The summed E-state index contributed by atoms with van der Waals surface area (Å²) in [5, 5.41) is 18.6. The molecular formula is C22H29N3O. The Morgan fingerprint density at radius 3 is 2.31 bits per heavy atom. The molecule has 2 fully saturated rings. The van der Waals surface area contributed by atoms with Crippen molar-refractivity contribution < 1.29 is 5.11 Å². The quantitative estimate of drug-likeness (QED) is 0.774. The molecule has 138 valence electrons. The molecule has 1 atom stereocenters. The molecule has 2 aliphatic rings. The second-order valence-corrected chi connectivity index (χ2v) is 7.95. The lowest BCUT2D eigenvalue weighted by Crippen LogP contribution is -2.63. The first-order chi connectivity index (χ1) is 12.6. The number of nitrogens with one attached hydrogen (secondary N) is 2. The van der Waals surface area contributed by atoms with Gasteiger partial charge in [-0.3, -0.25) is 0 Å². The van der Waals surface area contributed by atoms with Crippen molar-refractivity contribution in [3.05, 3.63) is 59.7 Å². The van der Waals surface area contributed by atoms with Crippen LogP contribution >= 0.6 is 0 Å². The van der Waals surface area contributed by atoms with Crippen molar-refractivity contribution >= 4 is 11.4 Å². The minimum atomic E-state index is -1.01. The first-order valence-electron chi connectivity index (χ1n) is 9.64. The van der Waals surface area contributed by atoms with Gasteiger partial charge in [-0.15, -0.1) is 0 Å². The number of hydrogen-bond donors (Lipinski definition) is 3. The SMILES string of the molecule is CNc1ccc(C(O)(c2cccc(N3CCCC3)c2)C2(C)CNC2)cc1. The maximum atomic E-state index is 12.1. The minimum Gasteiger partial charge on any atom is -0.388 e. The van der Waals surface area contributed by atoms with Gasteiger partial charge >= 0.3 is 0 Å². The van der Waals surface area contributed by atoms with Gasteiger partial charge in [0.05, 0.1) is 0 Å². The van der Waals surface area contributed by atoms with E-state index in [0.717, 1.165) is 43.0 Å². The van der Waals surface area contributed by atoms with E-state index in [4.69, 9.17) is 0 Å². The highest BCUT2D eigenvalue weighted by Gasteiger charge is 2.53. The Hall–Kier alpha value is -2.04. The van der Waals surface area contributed by atoms with Gasteiger partial charge in [-0.2, -0.15) is 0 Å². The molecule has 2 aliphatic heterocycles. The number of rotatable bonds is 5. The average Bonchev–Trinajstić information content (AvgIpc) is 3.20. The lowest BCUT2D eigenvalue weighted by atomic mass is 9.62. The van der Waals surface area contributed by atoms with E-state index in [2.05, 4.69) is 58.9 Å². The van der Waals surface area contributed by atoms with E-state index >= 15 is 0 Å². The molecule has 2 heterocycles. The van der Waals surface area contributed by atoms with Crippen LogP contribution in [0.4, 0.5) is 11.4 Å². The van der Waals surface area contributed by atoms with Crippen LogP contribution in [0.15, 0.2) is 48.5 Å². The van der Waals surface area contributed by atoms with E-state index in [1.54, 1.807) is 0 Å². The molecule has 1 unspecified atom stereocenters. The van der Waals surface area contributed by atoms with Gasteiger partial charge in [0.15, 0.2) is 0 Å². The summed E-state index contributed by atoms with van der Waals surface area (Å²) >= 11 is 0. The third-order valence-corrected chi connectivity index (χ3v) is 6.23. The predicted octanol–water partition coefficient (Wildman–Crippen LogP) is 3.17. The topological polar surface area (TPSA) is 47.5 Å². The standard InChI is InChI=1S/C22H29N3O/c1-21(15-24-16-21)22(26,17-8-10-19(23-2)11-9-17)18-6-5-7-20(14-18)25-12-3-4-13-25/h5-11,14,23-24,26H,3-4,12-13,15-16H2,1-2H3. The van der Waals surface area contributed by atoms with E-state index in [-0.39, 0.29) is 5.41 Å². The molecule has 0 amide bonds. The van der Waals surface area contributed by atoms with E-state index < -0.39 is 5.60 Å². The van der Waals surface area contributed by atoms with Gasteiger partial charge in [0, 0.05) is 50.0 Å². The summed E-state index contributed by atoms with van der Waals surface area (Å²) in [7, 11) is 1.91. The van der Waals surface area contributed by atoms with Gasteiger partial charge in [0.2, 0.25) is 0 Å². The maximum Gasteiger partial charge on any atom is 0.122 e. The number of anilines is 2. The van der Waals surface area contributed by atoms with Crippen LogP contribution in [0.1, 0.15) is 30.9 Å². The van der Waals surface area contributed by atoms with Crippen molar-refractivity contribution in [3.63, 3.8) is 0 Å². The normalized spacial score (nSPS) is 21.1. The highest BCUT2D eigenvalue weighted by molar-refractivity contribution is 5.54. The van der Waals surface area contributed by atoms with Gasteiger partial charge in [-0.1, -0.05) is 31.2 Å². The molecule has 0 saturated carbocycles. The largest absolute Gasteiger partial charge is 0.388 e. The predicted molar refractivity (Wildman–Crippen MR) is 108 cm³/mol. The highest BCUT2D eigenvalue weighted by atomic mass is 16.3. The van der Waals surface area contributed by atoms with Gasteiger partial charge in [-0.25, -0.2) is 0 Å². The second-order valence-electron chi connectivity index (χ2n) is 7.95. The van der Waals surface area contributed by atoms with E-state index in [1.165, 1.54) is 18.5 Å². The number of hydrogen-bond acceptors (Lipinski definition) is 4. The minimum absolute atomic E-state index is 0.224. The van der Waals surface area contributed by atoms with Crippen LogP contribution in [0.2, 0.25) is 0 Å². The van der Waals surface area contributed by atoms with Crippen LogP contribution in [0.5, 0.6) is 0 Å². The van der Waals surface area contributed by atoms with E-state index in [1.807, 2.05) is 19.2 Å². The summed E-state index contributed by atoms with van der Waals surface area (Å²) in [5.41, 5.74) is 2.99. The Balaban J connectivity index is 1.79. The van der Waals surface area contributed by atoms with Crippen molar-refractivity contribution in [2.24, 2.45) is 5.41 Å². The summed E-state index contributed by atoms with van der Waals surface area (Å²) in [6.45, 7) is 6.02. The smallest absolute Gasteiger partial charge is 0.122 e. The highest BCUT2D eigenvalue weighted by Crippen LogP contribution is 2.48. The summed E-state index contributed by atoms with van der Waals surface area (Å²) in [6, 6.07) is 16.7. The number of aliphatic hydroxyl groups is 1. The molecule has 0 radical (unpaired) electrons. The fraction of sp³-hybridized carbons (Fsp3) is 0.455. The van der Waals surface area contributed by atoms with Crippen LogP contribution in [0, 0.1) is 5.41 Å². The summed E-state index contributed by atoms with van der Waals surface area (Å²) in [4.78, 5) is 2.43. The zero-order chi connectivity index (χ0) is 18.2. The summed E-state index contributed by atoms with van der Waals surface area (Å²) in [5.74, 6) is 0. The van der Waals surface area contributed by atoms with Gasteiger partial charge < -0.3 is 20.6 Å².